The van der Waals surface area contributed by atoms with Gasteiger partial charge in [-0.2, -0.15) is 18.4 Å². The molecule has 0 saturated carbocycles. The number of nitrogens with two attached hydrogens (primary N) is 1. The fraction of sp³-hybridized carbons (Fsp3) is 0.250. The molecule has 1 atom stereocenters. The van der Waals surface area contributed by atoms with Gasteiger partial charge < -0.3 is 10.5 Å². The first-order valence-electron chi connectivity index (χ1n) is 13.1. The normalized spacial score (nSPS) is 17.4. The molecular weight excluding hydrogens is 551 g/mol. The van der Waals surface area contributed by atoms with Gasteiger partial charge in [0.15, 0.2) is 5.78 Å². The third-order valence-electron chi connectivity index (χ3n) is 7.59. The van der Waals surface area contributed by atoms with Crippen LogP contribution in [0.1, 0.15) is 53.0 Å². The number of halogens is 4. The van der Waals surface area contributed by atoms with E-state index in [1.54, 1.807) is 18.2 Å². The summed E-state index contributed by atoms with van der Waals surface area (Å²) in [4.78, 5) is 14.8. The van der Waals surface area contributed by atoms with E-state index in [0.29, 0.717) is 40.4 Å². The fourth-order valence-electron chi connectivity index (χ4n) is 5.71. The molecule has 3 aromatic carbocycles. The summed E-state index contributed by atoms with van der Waals surface area (Å²) in [6, 6.07) is 18.2. The van der Waals surface area contributed by atoms with Crippen LogP contribution in [-0.2, 0) is 17.6 Å². The Balaban J connectivity index is 1.68. The molecule has 2 aliphatic rings. The van der Waals surface area contributed by atoms with Crippen LogP contribution in [0.5, 0.6) is 5.75 Å². The zero-order chi connectivity index (χ0) is 29.5. The lowest BCUT2D eigenvalue weighted by Crippen LogP contribution is -2.39. The summed E-state index contributed by atoms with van der Waals surface area (Å²) in [6.45, 7) is 3.96. The summed E-state index contributed by atoms with van der Waals surface area (Å²) in [5.74, 6) is -0.628. The third-order valence-corrected chi connectivity index (χ3v) is 7.91. The topological polar surface area (TPSA) is 79.3 Å². The van der Waals surface area contributed by atoms with Crippen LogP contribution in [0.3, 0.4) is 0 Å². The highest BCUT2D eigenvalue weighted by Crippen LogP contribution is 2.49. The number of Topliss-reactive ketones (excluding diaryl/α,β-unsaturated/α-hetero) is 1. The second-order valence-electron chi connectivity index (χ2n) is 10.2. The Kier molecular flexibility index (Phi) is 7.58. The van der Waals surface area contributed by atoms with E-state index in [-0.39, 0.29) is 35.9 Å². The van der Waals surface area contributed by atoms with Crippen molar-refractivity contribution in [2.75, 3.05) is 4.90 Å². The zero-order valence-electron chi connectivity index (χ0n) is 22.5. The number of para-hydroxylation sites is 2. The zero-order valence-corrected chi connectivity index (χ0v) is 23.2. The van der Waals surface area contributed by atoms with Gasteiger partial charge in [-0.15, -0.1) is 0 Å². The van der Waals surface area contributed by atoms with Crippen molar-refractivity contribution >= 4 is 23.1 Å². The Morgan fingerprint density at radius 2 is 1.80 bits per heavy atom. The van der Waals surface area contributed by atoms with Crippen LogP contribution in [-0.4, -0.2) is 5.78 Å². The van der Waals surface area contributed by atoms with Crippen LogP contribution in [0.4, 0.5) is 18.9 Å². The average Bonchev–Trinajstić information content (AvgIpc) is 2.93. The van der Waals surface area contributed by atoms with Gasteiger partial charge in [0.05, 0.1) is 33.8 Å². The van der Waals surface area contributed by atoms with Gasteiger partial charge in [0.25, 0.3) is 0 Å². The maximum atomic E-state index is 14.1. The number of aryl methyl sites for hydroxylation is 1. The van der Waals surface area contributed by atoms with Crippen molar-refractivity contribution in [2.24, 2.45) is 5.73 Å². The lowest BCUT2D eigenvalue weighted by Gasteiger charge is -2.41. The number of carbonyl (C=O) groups excluding carboxylic acids is 1. The SMILES string of the molecule is Cc1cc(COc2ccccc2Cl)c(C)c(C2C(C#N)=C(N)N(c3ccccc3C(F)(F)F)C3=C2C(=O)CCC3)c1. The molecule has 0 fully saturated rings. The van der Waals surface area contributed by atoms with Gasteiger partial charge in [-0.25, -0.2) is 0 Å². The maximum absolute atomic E-state index is 14.1. The van der Waals surface area contributed by atoms with E-state index in [0.717, 1.165) is 22.8 Å². The van der Waals surface area contributed by atoms with Crippen LogP contribution in [0, 0.1) is 25.2 Å². The molecule has 0 aromatic heterocycles. The van der Waals surface area contributed by atoms with Gasteiger partial charge >= 0.3 is 6.18 Å². The molecule has 2 N–H and O–H groups in total. The van der Waals surface area contributed by atoms with Crippen molar-refractivity contribution in [1.82, 2.24) is 0 Å². The summed E-state index contributed by atoms with van der Waals surface area (Å²) >= 11 is 6.26. The minimum atomic E-state index is -4.66. The number of nitriles is 1. The standard InChI is InChI=1S/C32H27ClF3N3O2/c1-18-14-20(17-41-28-13-6-4-9-24(28)33)19(2)21(15-18)29-22(16-37)31(38)39(26-11-7-12-27(40)30(26)29)25-10-5-3-8-23(25)32(34,35)36/h3-6,8-10,13-15,29H,7,11-12,17,38H2,1-2H3. The van der Waals surface area contributed by atoms with Crippen LogP contribution in [0.2, 0.25) is 5.02 Å². The molecule has 0 saturated heterocycles. The Labute approximate surface area is 241 Å². The molecule has 0 radical (unpaired) electrons. The van der Waals surface area contributed by atoms with Gasteiger partial charge in [0, 0.05) is 17.7 Å². The summed E-state index contributed by atoms with van der Waals surface area (Å²) in [5.41, 5.74) is 9.38. The van der Waals surface area contributed by atoms with E-state index in [9.17, 15) is 23.2 Å². The van der Waals surface area contributed by atoms with Crippen molar-refractivity contribution < 1.29 is 22.7 Å². The molecule has 1 heterocycles. The molecule has 1 unspecified atom stereocenters. The van der Waals surface area contributed by atoms with E-state index >= 15 is 0 Å². The molecule has 0 amide bonds. The van der Waals surface area contributed by atoms with Gasteiger partial charge in [-0.3, -0.25) is 9.69 Å². The number of hydrogen-bond acceptors (Lipinski definition) is 5. The molecule has 3 aromatic rings. The van der Waals surface area contributed by atoms with Crippen molar-refractivity contribution in [2.45, 2.75) is 51.8 Å². The van der Waals surface area contributed by atoms with Gasteiger partial charge in [0.2, 0.25) is 0 Å². The van der Waals surface area contributed by atoms with Gasteiger partial charge in [-0.1, -0.05) is 53.6 Å². The van der Waals surface area contributed by atoms with Crippen LogP contribution in [0.25, 0.3) is 0 Å². The Morgan fingerprint density at radius 1 is 1.10 bits per heavy atom. The van der Waals surface area contributed by atoms with Gasteiger partial charge in [-0.05, 0) is 67.6 Å². The number of allylic oxidation sites excluding steroid dienone is 3. The van der Waals surface area contributed by atoms with E-state index in [1.807, 2.05) is 32.0 Å². The highest BCUT2D eigenvalue weighted by atomic mass is 35.5. The number of rotatable bonds is 5. The second kappa shape index (κ2) is 11.0. The third kappa shape index (κ3) is 5.18. The molecule has 0 spiro atoms. The predicted octanol–water partition coefficient (Wildman–Crippen LogP) is 7.86. The molecule has 1 aliphatic heterocycles. The smallest absolute Gasteiger partial charge is 0.418 e. The first kappa shape index (κ1) is 28.3. The average molecular weight is 578 g/mol. The minimum Gasteiger partial charge on any atom is -0.487 e. The van der Waals surface area contributed by atoms with Crippen LogP contribution >= 0.6 is 11.6 Å². The quantitative estimate of drug-likeness (QED) is 0.334. The Hall–Kier alpha value is -4.22. The van der Waals surface area contributed by atoms with E-state index in [2.05, 4.69) is 6.07 Å². The summed E-state index contributed by atoms with van der Waals surface area (Å²) in [5, 5.41) is 10.8. The molecular formula is C32H27ClF3N3O2. The number of ketones is 1. The maximum Gasteiger partial charge on any atom is 0.418 e. The molecule has 5 nitrogen and oxygen atoms in total. The molecule has 41 heavy (non-hydrogen) atoms. The first-order valence-corrected chi connectivity index (χ1v) is 13.5. The molecule has 210 valence electrons. The van der Waals surface area contributed by atoms with Crippen molar-refractivity contribution in [3.05, 3.63) is 116 Å². The minimum absolute atomic E-state index is 0.0302. The summed E-state index contributed by atoms with van der Waals surface area (Å²) in [6.07, 6.45) is -3.62. The summed E-state index contributed by atoms with van der Waals surface area (Å²) < 4.78 is 48.2. The number of carbonyl (C=O) groups is 1. The molecule has 9 heteroatoms. The molecule has 0 bridgehead atoms. The Morgan fingerprint density at radius 3 is 2.51 bits per heavy atom. The predicted molar refractivity (Wildman–Crippen MR) is 151 cm³/mol. The highest BCUT2D eigenvalue weighted by molar-refractivity contribution is 6.32. The highest BCUT2D eigenvalue weighted by Gasteiger charge is 2.43. The number of anilines is 1. The number of nitrogens with zero attached hydrogens (tertiary/aromatic N) is 2. The molecule has 1 aliphatic carbocycles. The van der Waals surface area contributed by atoms with Crippen molar-refractivity contribution in [3.63, 3.8) is 0 Å². The summed E-state index contributed by atoms with van der Waals surface area (Å²) in [7, 11) is 0. The lowest BCUT2D eigenvalue weighted by molar-refractivity contribution is -0.137. The van der Waals surface area contributed by atoms with E-state index in [4.69, 9.17) is 22.1 Å². The van der Waals surface area contributed by atoms with E-state index < -0.39 is 17.7 Å². The van der Waals surface area contributed by atoms with Crippen LogP contribution in [0.15, 0.2) is 83.3 Å². The van der Waals surface area contributed by atoms with Crippen molar-refractivity contribution in [3.8, 4) is 11.8 Å². The lowest BCUT2D eigenvalue weighted by atomic mass is 9.73. The number of benzene rings is 3. The number of hydrogen-bond donors (Lipinski definition) is 1. The second-order valence-corrected chi connectivity index (χ2v) is 10.6. The van der Waals surface area contributed by atoms with Crippen molar-refractivity contribution in [1.29, 1.82) is 5.26 Å². The monoisotopic (exact) mass is 577 g/mol. The van der Waals surface area contributed by atoms with Crippen LogP contribution < -0.4 is 15.4 Å². The molecule has 5 rings (SSSR count). The largest absolute Gasteiger partial charge is 0.487 e. The number of ether oxygens (including phenoxy) is 1. The first-order chi connectivity index (χ1) is 19.5. The fourth-order valence-corrected chi connectivity index (χ4v) is 5.90. The Bertz CT molecular complexity index is 1650. The number of alkyl halides is 3. The van der Waals surface area contributed by atoms with E-state index in [1.165, 1.54) is 23.1 Å². The van der Waals surface area contributed by atoms with Gasteiger partial charge in [0.1, 0.15) is 18.2 Å².